The largest absolute Gasteiger partial charge is 0.354 e. The molecule has 9 heteroatoms. The molecule has 1 saturated heterocycles. The Hall–Kier alpha value is -3.07. The van der Waals surface area contributed by atoms with Crippen molar-refractivity contribution in [3.05, 3.63) is 58.0 Å². The number of non-ortho nitro benzene ring substituents is 1. The molecule has 0 amide bonds. The smallest absolute Gasteiger partial charge is 0.269 e. The third kappa shape index (κ3) is 3.59. The fourth-order valence-corrected chi connectivity index (χ4v) is 3.41. The van der Waals surface area contributed by atoms with Gasteiger partial charge < -0.3 is 4.90 Å². The minimum atomic E-state index is -0.348. The number of benzene rings is 1. The van der Waals surface area contributed by atoms with Crippen LogP contribution in [0.5, 0.6) is 0 Å². The molecule has 0 atom stereocenters. The Morgan fingerprint density at radius 3 is 2.74 bits per heavy atom. The molecule has 0 unspecified atom stereocenters. The summed E-state index contributed by atoms with van der Waals surface area (Å²) in [5.74, 6) is 1.65. The minimum Gasteiger partial charge on any atom is -0.354 e. The van der Waals surface area contributed by atoms with Gasteiger partial charge in [0.15, 0.2) is 0 Å². The molecule has 140 valence electrons. The van der Waals surface area contributed by atoms with E-state index < -0.39 is 0 Å². The standard InChI is InChI=1S/C18H21N7O2/c1-2-15-11-17(24-18(21-15)19-13-20-24)23-8-6-22(7-9-23)12-14-4-3-5-16(10-14)25(26)27/h3-5,10-11,13H,2,6-9,12H2,1H3. The molecule has 3 aromatic rings. The lowest BCUT2D eigenvalue weighted by Gasteiger charge is -2.36. The summed E-state index contributed by atoms with van der Waals surface area (Å²) in [6, 6.07) is 8.95. The molecule has 3 heterocycles. The maximum absolute atomic E-state index is 10.9. The van der Waals surface area contributed by atoms with Gasteiger partial charge >= 0.3 is 0 Å². The molecule has 0 N–H and O–H groups in total. The van der Waals surface area contributed by atoms with Gasteiger partial charge in [-0.05, 0) is 12.0 Å². The minimum absolute atomic E-state index is 0.142. The van der Waals surface area contributed by atoms with E-state index >= 15 is 0 Å². The van der Waals surface area contributed by atoms with Crippen LogP contribution in [0.4, 0.5) is 11.5 Å². The second kappa shape index (κ2) is 7.28. The van der Waals surface area contributed by atoms with Crippen LogP contribution in [0.1, 0.15) is 18.2 Å². The number of nitro groups is 1. The second-order valence-corrected chi connectivity index (χ2v) is 6.62. The van der Waals surface area contributed by atoms with Crippen LogP contribution < -0.4 is 4.90 Å². The quantitative estimate of drug-likeness (QED) is 0.502. The van der Waals surface area contributed by atoms with Gasteiger partial charge in [-0.1, -0.05) is 19.1 Å². The van der Waals surface area contributed by atoms with Crippen LogP contribution in [0.25, 0.3) is 5.78 Å². The molecule has 1 aliphatic heterocycles. The topological polar surface area (TPSA) is 92.7 Å². The van der Waals surface area contributed by atoms with Crippen molar-refractivity contribution in [2.75, 3.05) is 31.1 Å². The molecule has 1 aliphatic rings. The highest BCUT2D eigenvalue weighted by Crippen LogP contribution is 2.20. The average Bonchev–Trinajstić information content (AvgIpc) is 3.16. The molecule has 0 radical (unpaired) electrons. The summed E-state index contributed by atoms with van der Waals surface area (Å²) in [5, 5.41) is 15.3. The third-order valence-electron chi connectivity index (χ3n) is 4.87. The van der Waals surface area contributed by atoms with Crippen molar-refractivity contribution in [3.63, 3.8) is 0 Å². The maximum atomic E-state index is 10.9. The van der Waals surface area contributed by atoms with Crippen LogP contribution in [0.3, 0.4) is 0 Å². The van der Waals surface area contributed by atoms with Crippen LogP contribution in [0, 0.1) is 10.1 Å². The number of rotatable bonds is 5. The first-order chi connectivity index (χ1) is 13.1. The monoisotopic (exact) mass is 367 g/mol. The van der Waals surface area contributed by atoms with Gasteiger partial charge in [0.05, 0.1) is 4.92 Å². The Bertz CT molecular complexity index is 963. The van der Waals surface area contributed by atoms with Crippen molar-refractivity contribution < 1.29 is 4.92 Å². The fourth-order valence-electron chi connectivity index (χ4n) is 3.41. The van der Waals surface area contributed by atoms with Crippen LogP contribution in [-0.2, 0) is 13.0 Å². The number of anilines is 1. The molecular formula is C18H21N7O2. The van der Waals surface area contributed by atoms with Gasteiger partial charge in [0.2, 0.25) is 0 Å². The van der Waals surface area contributed by atoms with E-state index in [9.17, 15) is 10.1 Å². The first kappa shape index (κ1) is 17.3. The predicted molar refractivity (Wildman–Crippen MR) is 101 cm³/mol. The zero-order valence-corrected chi connectivity index (χ0v) is 15.2. The molecule has 1 fully saturated rings. The number of hydrogen-bond donors (Lipinski definition) is 0. The number of aryl methyl sites for hydroxylation is 1. The molecule has 0 spiro atoms. The molecule has 4 rings (SSSR count). The number of hydrogen-bond acceptors (Lipinski definition) is 7. The maximum Gasteiger partial charge on any atom is 0.269 e. The summed E-state index contributed by atoms with van der Waals surface area (Å²) in [4.78, 5) is 23.9. The Labute approximate surface area is 156 Å². The van der Waals surface area contributed by atoms with E-state index in [1.54, 1.807) is 16.6 Å². The zero-order valence-electron chi connectivity index (χ0n) is 15.2. The molecule has 2 aromatic heterocycles. The highest BCUT2D eigenvalue weighted by atomic mass is 16.6. The van der Waals surface area contributed by atoms with Gasteiger partial charge in [-0.15, -0.1) is 0 Å². The van der Waals surface area contributed by atoms with Gasteiger partial charge in [0.25, 0.3) is 11.5 Å². The Balaban J connectivity index is 1.46. The van der Waals surface area contributed by atoms with E-state index in [1.165, 1.54) is 12.4 Å². The van der Waals surface area contributed by atoms with Gasteiger partial charge in [-0.2, -0.15) is 14.6 Å². The zero-order chi connectivity index (χ0) is 18.8. The number of fused-ring (bicyclic) bond motifs is 1. The van der Waals surface area contributed by atoms with E-state index in [1.807, 2.05) is 6.07 Å². The second-order valence-electron chi connectivity index (χ2n) is 6.62. The van der Waals surface area contributed by atoms with Gasteiger partial charge in [0, 0.05) is 56.6 Å². The Morgan fingerprint density at radius 1 is 1.19 bits per heavy atom. The average molecular weight is 367 g/mol. The first-order valence-corrected chi connectivity index (χ1v) is 9.04. The summed E-state index contributed by atoms with van der Waals surface area (Å²) in [6.45, 7) is 6.26. The molecule has 0 saturated carbocycles. The molecule has 1 aromatic carbocycles. The van der Waals surface area contributed by atoms with Crippen LogP contribution >= 0.6 is 0 Å². The van der Waals surface area contributed by atoms with Crippen molar-refractivity contribution in [1.82, 2.24) is 24.5 Å². The molecule has 0 bridgehead atoms. The molecule has 27 heavy (non-hydrogen) atoms. The molecular weight excluding hydrogens is 346 g/mol. The van der Waals surface area contributed by atoms with Crippen molar-refractivity contribution in [2.24, 2.45) is 0 Å². The van der Waals surface area contributed by atoms with Crippen molar-refractivity contribution in [2.45, 2.75) is 19.9 Å². The van der Waals surface area contributed by atoms with Gasteiger partial charge in [-0.25, -0.2) is 4.98 Å². The number of aromatic nitrogens is 4. The normalized spacial score (nSPS) is 15.4. The predicted octanol–water partition coefficient (Wildman–Crippen LogP) is 1.92. The lowest BCUT2D eigenvalue weighted by molar-refractivity contribution is -0.384. The number of nitro benzene ring substituents is 1. The molecule has 9 nitrogen and oxygen atoms in total. The van der Waals surface area contributed by atoms with Crippen LogP contribution in [-0.4, -0.2) is 55.6 Å². The van der Waals surface area contributed by atoms with E-state index in [0.29, 0.717) is 12.3 Å². The Morgan fingerprint density at radius 2 is 2.00 bits per heavy atom. The fraction of sp³-hybridized carbons (Fsp3) is 0.389. The van der Waals surface area contributed by atoms with Crippen LogP contribution in [0.15, 0.2) is 36.7 Å². The van der Waals surface area contributed by atoms with E-state index in [2.05, 4.69) is 37.9 Å². The Kier molecular flexibility index (Phi) is 4.68. The van der Waals surface area contributed by atoms with Gasteiger partial charge in [-0.3, -0.25) is 15.0 Å². The third-order valence-corrected chi connectivity index (χ3v) is 4.87. The van der Waals surface area contributed by atoms with Gasteiger partial charge in [0.1, 0.15) is 12.1 Å². The van der Waals surface area contributed by atoms with E-state index in [0.717, 1.165) is 49.7 Å². The molecule has 0 aliphatic carbocycles. The summed E-state index contributed by atoms with van der Waals surface area (Å²) >= 11 is 0. The number of nitrogens with zero attached hydrogens (tertiary/aromatic N) is 7. The summed E-state index contributed by atoms with van der Waals surface area (Å²) in [7, 11) is 0. The number of piperazine rings is 1. The van der Waals surface area contributed by atoms with Crippen molar-refractivity contribution >= 4 is 17.3 Å². The highest BCUT2D eigenvalue weighted by Gasteiger charge is 2.21. The van der Waals surface area contributed by atoms with Crippen molar-refractivity contribution in [1.29, 1.82) is 0 Å². The summed E-state index contributed by atoms with van der Waals surface area (Å²) < 4.78 is 1.79. The summed E-state index contributed by atoms with van der Waals surface area (Å²) in [5.41, 5.74) is 2.11. The van der Waals surface area contributed by atoms with Crippen molar-refractivity contribution in [3.8, 4) is 0 Å². The van der Waals surface area contributed by atoms with E-state index in [4.69, 9.17) is 0 Å². The van der Waals surface area contributed by atoms with Crippen LogP contribution in [0.2, 0.25) is 0 Å². The van der Waals surface area contributed by atoms with E-state index in [-0.39, 0.29) is 10.6 Å². The lowest BCUT2D eigenvalue weighted by Crippen LogP contribution is -2.46. The summed E-state index contributed by atoms with van der Waals surface area (Å²) in [6.07, 6.45) is 2.38. The highest BCUT2D eigenvalue weighted by molar-refractivity contribution is 5.47. The lowest BCUT2D eigenvalue weighted by atomic mass is 10.1. The SMILES string of the molecule is CCc1cc(N2CCN(Cc3cccc([N+](=O)[O-])c3)CC2)n2ncnc2n1. The first-order valence-electron chi connectivity index (χ1n) is 9.04.